The topological polar surface area (TPSA) is 9.23 Å². The third kappa shape index (κ3) is 1.21. The van der Waals surface area contributed by atoms with Crippen LogP contribution in [0.5, 0.6) is 0 Å². The van der Waals surface area contributed by atoms with Crippen molar-refractivity contribution in [2.24, 2.45) is 11.8 Å². The molecule has 3 heteroatoms. The van der Waals surface area contributed by atoms with E-state index in [-0.39, 0.29) is 0 Å². The highest BCUT2D eigenvalue weighted by Crippen LogP contribution is 2.40. The SMILES string of the molecule is BrCC1C2C=CC(O2)C1CBr. The summed E-state index contributed by atoms with van der Waals surface area (Å²) >= 11 is 7.05. The smallest absolute Gasteiger partial charge is 0.0805 e. The normalized spacial score (nSPS) is 47.1. The third-order valence-electron chi connectivity index (χ3n) is 2.56. The fraction of sp³-hybridized carbons (Fsp3) is 0.750. The maximum atomic E-state index is 5.71. The molecule has 2 heterocycles. The summed E-state index contributed by atoms with van der Waals surface area (Å²) in [6, 6.07) is 0. The number of rotatable bonds is 2. The summed E-state index contributed by atoms with van der Waals surface area (Å²) < 4.78 is 5.71. The Kier molecular flexibility index (Phi) is 2.40. The summed E-state index contributed by atoms with van der Waals surface area (Å²) in [5.74, 6) is 1.34. The second-order valence-electron chi connectivity index (χ2n) is 3.09. The van der Waals surface area contributed by atoms with Crippen LogP contribution in [0.25, 0.3) is 0 Å². The monoisotopic (exact) mass is 280 g/mol. The van der Waals surface area contributed by atoms with Crippen LogP contribution in [-0.2, 0) is 4.74 Å². The van der Waals surface area contributed by atoms with Gasteiger partial charge in [-0.25, -0.2) is 0 Å². The maximum absolute atomic E-state index is 5.71. The zero-order chi connectivity index (χ0) is 7.84. The highest BCUT2D eigenvalue weighted by Gasteiger charge is 2.44. The van der Waals surface area contributed by atoms with E-state index in [9.17, 15) is 0 Å². The molecular formula is C8H10Br2O. The Morgan fingerprint density at radius 1 is 1.00 bits per heavy atom. The molecule has 1 nitrogen and oxygen atoms in total. The summed E-state index contributed by atoms with van der Waals surface area (Å²) in [5, 5.41) is 2.10. The van der Waals surface area contributed by atoms with Crippen LogP contribution < -0.4 is 0 Å². The van der Waals surface area contributed by atoms with Crippen LogP contribution in [0.1, 0.15) is 0 Å². The van der Waals surface area contributed by atoms with Crippen LogP contribution in [0.3, 0.4) is 0 Å². The molecule has 4 atom stereocenters. The van der Waals surface area contributed by atoms with Gasteiger partial charge in [0.1, 0.15) is 0 Å². The molecule has 62 valence electrons. The average Bonchev–Trinajstić information content (AvgIpc) is 2.60. The molecule has 0 amide bonds. The van der Waals surface area contributed by atoms with Crippen molar-refractivity contribution in [1.82, 2.24) is 0 Å². The molecule has 2 bridgehead atoms. The minimum Gasteiger partial charge on any atom is -0.366 e. The van der Waals surface area contributed by atoms with Gasteiger partial charge in [0.2, 0.25) is 0 Å². The molecule has 2 aliphatic heterocycles. The first kappa shape index (κ1) is 8.27. The molecule has 0 aliphatic carbocycles. The Morgan fingerprint density at radius 2 is 1.45 bits per heavy atom. The molecule has 0 N–H and O–H groups in total. The fourth-order valence-electron chi connectivity index (χ4n) is 1.87. The molecule has 11 heavy (non-hydrogen) atoms. The summed E-state index contributed by atoms with van der Waals surface area (Å²) in [7, 11) is 0. The first-order chi connectivity index (χ1) is 5.36. The van der Waals surface area contributed by atoms with Crippen LogP contribution in [-0.4, -0.2) is 22.9 Å². The van der Waals surface area contributed by atoms with E-state index in [0.29, 0.717) is 24.0 Å². The van der Waals surface area contributed by atoms with E-state index in [1.165, 1.54) is 0 Å². The predicted octanol–water partition coefficient (Wildman–Crippen LogP) is 2.35. The molecule has 0 saturated carbocycles. The van der Waals surface area contributed by atoms with Crippen LogP contribution in [0.4, 0.5) is 0 Å². The Labute approximate surface area is 83.4 Å². The van der Waals surface area contributed by atoms with Gasteiger partial charge in [-0.05, 0) is 0 Å². The molecule has 2 aliphatic rings. The lowest BCUT2D eigenvalue weighted by atomic mass is 9.86. The molecule has 4 unspecified atom stereocenters. The van der Waals surface area contributed by atoms with Gasteiger partial charge in [0, 0.05) is 22.5 Å². The van der Waals surface area contributed by atoms with Crippen molar-refractivity contribution < 1.29 is 4.74 Å². The lowest BCUT2D eigenvalue weighted by Gasteiger charge is -2.20. The number of hydrogen-bond donors (Lipinski definition) is 0. The van der Waals surface area contributed by atoms with Gasteiger partial charge in [-0.2, -0.15) is 0 Å². The summed E-state index contributed by atoms with van der Waals surface area (Å²) in [4.78, 5) is 0. The van der Waals surface area contributed by atoms with E-state index in [1.54, 1.807) is 0 Å². The van der Waals surface area contributed by atoms with E-state index in [0.717, 1.165) is 10.7 Å². The zero-order valence-electron chi connectivity index (χ0n) is 6.04. The van der Waals surface area contributed by atoms with Gasteiger partial charge in [0.15, 0.2) is 0 Å². The lowest BCUT2D eigenvalue weighted by molar-refractivity contribution is 0.106. The molecule has 1 fully saturated rings. The van der Waals surface area contributed by atoms with Gasteiger partial charge in [0.05, 0.1) is 12.2 Å². The van der Waals surface area contributed by atoms with Crippen LogP contribution in [0.15, 0.2) is 12.2 Å². The van der Waals surface area contributed by atoms with Crippen LogP contribution in [0, 0.1) is 11.8 Å². The van der Waals surface area contributed by atoms with Gasteiger partial charge in [-0.15, -0.1) is 0 Å². The number of ether oxygens (including phenoxy) is 1. The Bertz CT molecular complexity index is 163. The van der Waals surface area contributed by atoms with Gasteiger partial charge in [0.25, 0.3) is 0 Å². The molecule has 0 radical (unpaired) electrons. The van der Waals surface area contributed by atoms with Crippen molar-refractivity contribution in [2.75, 3.05) is 10.7 Å². The van der Waals surface area contributed by atoms with Crippen molar-refractivity contribution in [3.63, 3.8) is 0 Å². The number of halogens is 2. The molecular weight excluding hydrogens is 272 g/mol. The van der Waals surface area contributed by atoms with Crippen molar-refractivity contribution in [2.45, 2.75) is 12.2 Å². The number of fused-ring (bicyclic) bond motifs is 2. The van der Waals surface area contributed by atoms with Gasteiger partial charge < -0.3 is 4.74 Å². The van der Waals surface area contributed by atoms with E-state index in [4.69, 9.17) is 4.74 Å². The Morgan fingerprint density at radius 3 is 1.82 bits per heavy atom. The largest absolute Gasteiger partial charge is 0.366 e. The molecule has 0 aromatic heterocycles. The molecule has 1 saturated heterocycles. The molecule has 0 spiro atoms. The lowest BCUT2D eigenvalue weighted by Crippen LogP contribution is -2.26. The zero-order valence-corrected chi connectivity index (χ0v) is 9.21. The van der Waals surface area contributed by atoms with Crippen molar-refractivity contribution in [3.05, 3.63) is 12.2 Å². The molecule has 2 rings (SSSR count). The van der Waals surface area contributed by atoms with Gasteiger partial charge in [-0.1, -0.05) is 44.0 Å². The van der Waals surface area contributed by atoms with E-state index in [1.807, 2.05) is 0 Å². The summed E-state index contributed by atoms with van der Waals surface area (Å²) in [5.41, 5.74) is 0. The standard InChI is InChI=1S/C8H10Br2O/c9-3-5-6(4-10)8-2-1-7(5)11-8/h1-2,5-8H,3-4H2. The highest BCUT2D eigenvalue weighted by atomic mass is 79.9. The number of hydrogen-bond acceptors (Lipinski definition) is 1. The molecule has 0 aromatic rings. The minimum absolute atomic E-state index is 0.377. The predicted molar refractivity (Wildman–Crippen MR) is 52.4 cm³/mol. The van der Waals surface area contributed by atoms with Crippen molar-refractivity contribution in [3.8, 4) is 0 Å². The third-order valence-corrected chi connectivity index (χ3v) is 4.05. The van der Waals surface area contributed by atoms with Gasteiger partial charge in [-0.3, -0.25) is 0 Å². The highest BCUT2D eigenvalue weighted by molar-refractivity contribution is 9.09. The van der Waals surface area contributed by atoms with Crippen molar-refractivity contribution >= 4 is 31.9 Å². The summed E-state index contributed by atoms with van der Waals surface area (Å²) in [6.07, 6.45) is 5.13. The first-order valence-electron chi connectivity index (χ1n) is 3.82. The average molecular weight is 282 g/mol. The van der Waals surface area contributed by atoms with Gasteiger partial charge >= 0.3 is 0 Å². The Hall–Kier alpha value is 0.660. The van der Waals surface area contributed by atoms with Crippen LogP contribution >= 0.6 is 31.9 Å². The van der Waals surface area contributed by atoms with Crippen molar-refractivity contribution in [1.29, 1.82) is 0 Å². The number of alkyl halides is 2. The van der Waals surface area contributed by atoms with E-state index in [2.05, 4.69) is 44.0 Å². The Balaban J connectivity index is 2.15. The first-order valence-corrected chi connectivity index (χ1v) is 6.07. The van der Waals surface area contributed by atoms with E-state index < -0.39 is 0 Å². The second kappa shape index (κ2) is 3.19. The fourth-order valence-corrected chi connectivity index (χ4v) is 3.57. The quantitative estimate of drug-likeness (QED) is 0.558. The van der Waals surface area contributed by atoms with E-state index >= 15 is 0 Å². The van der Waals surface area contributed by atoms with Crippen LogP contribution in [0.2, 0.25) is 0 Å². The maximum Gasteiger partial charge on any atom is 0.0805 e. The molecule has 0 aromatic carbocycles. The summed E-state index contributed by atoms with van der Waals surface area (Å²) in [6.45, 7) is 0. The second-order valence-corrected chi connectivity index (χ2v) is 4.38. The minimum atomic E-state index is 0.377.